The molecule has 1 amide bonds. The number of carbonyl (C=O) groups excluding carboxylic acids is 1. The van der Waals surface area contributed by atoms with Gasteiger partial charge in [0.2, 0.25) is 5.91 Å². The van der Waals surface area contributed by atoms with Crippen LogP contribution < -0.4 is 16.4 Å². The van der Waals surface area contributed by atoms with E-state index in [1.54, 1.807) is 0 Å². The van der Waals surface area contributed by atoms with Crippen molar-refractivity contribution in [1.29, 1.82) is 0 Å². The fourth-order valence-electron chi connectivity index (χ4n) is 2.78. The van der Waals surface area contributed by atoms with Crippen LogP contribution >= 0.6 is 11.6 Å². The van der Waals surface area contributed by atoms with Gasteiger partial charge in [-0.1, -0.05) is 19.0 Å². The largest absolute Gasteiger partial charge is 0.418 e. The molecule has 0 radical (unpaired) electrons. The van der Waals surface area contributed by atoms with Crippen molar-refractivity contribution in [3.05, 3.63) is 52.6 Å². The summed E-state index contributed by atoms with van der Waals surface area (Å²) in [7, 11) is 0. The number of hydrogen-bond acceptors (Lipinski definition) is 5. The summed E-state index contributed by atoms with van der Waals surface area (Å²) in [6.45, 7) is 0.209. The number of hydrogen-bond donors (Lipinski definition) is 3. The maximum Gasteiger partial charge on any atom is 0.418 e. The molecule has 6 nitrogen and oxygen atoms in total. The molecule has 0 unspecified atom stereocenters. The van der Waals surface area contributed by atoms with E-state index in [1.165, 1.54) is 6.07 Å². The van der Waals surface area contributed by atoms with Gasteiger partial charge < -0.3 is 21.1 Å². The first kappa shape index (κ1) is 23.8. The van der Waals surface area contributed by atoms with Gasteiger partial charge in [-0.2, -0.15) is 13.2 Å². The number of carbonyl (C=O) groups is 1. The number of amides is 1. The van der Waals surface area contributed by atoms with Gasteiger partial charge in [0.25, 0.3) is 0 Å². The molecule has 1 atom stereocenters. The maximum atomic E-state index is 14.3. The molecular formula is C19H21ClF4N4O2. The predicted octanol–water partition coefficient (Wildman–Crippen LogP) is 4.01. The number of ether oxygens (including phenoxy) is 1. The van der Waals surface area contributed by atoms with Crippen LogP contribution in [0.4, 0.5) is 28.9 Å². The van der Waals surface area contributed by atoms with Crippen molar-refractivity contribution < 1.29 is 27.1 Å². The van der Waals surface area contributed by atoms with E-state index in [-0.39, 0.29) is 42.7 Å². The zero-order valence-electron chi connectivity index (χ0n) is 14.9. The van der Waals surface area contributed by atoms with E-state index in [1.807, 2.05) is 0 Å². The van der Waals surface area contributed by atoms with E-state index in [0.717, 1.165) is 24.4 Å². The van der Waals surface area contributed by atoms with Crippen molar-refractivity contribution >= 4 is 28.9 Å². The molecule has 0 bridgehead atoms. The highest BCUT2D eigenvalue weighted by Crippen LogP contribution is 2.37. The number of benzene rings is 1. The summed E-state index contributed by atoms with van der Waals surface area (Å²) >= 11 is 5.64. The summed E-state index contributed by atoms with van der Waals surface area (Å²) in [6, 6.07) is 4.18. The van der Waals surface area contributed by atoms with Crippen molar-refractivity contribution in [3.8, 4) is 0 Å². The normalized spacial score (nSPS) is 18.6. The van der Waals surface area contributed by atoms with E-state index in [9.17, 15) is 22.4 Å². The van der Waals surface area contributed by atoms with Crippen LogP contribution in [0.1, 0.15) is 25.1 Å². The van der Waals surface area contributed by atoms with Crippen LogP contribution in [0.15, 0.2) is 30.5 Å². The van der Waals surface area contributed by atoms with Crippen LogP contribution in [-0.2, 0) is 22.3 Å². The van der Waals surface area contributed by atoms with Crippen molar-refractivity contribution in [2.45, 2.75) is 32.1 Å². The lowest BCUT2D eigenvalue weighted by atomic mass is 9.99. The van der Waals surface area contributed by atoms with Crippen LogP contribution in [0.5, 0.6) is 0 Å². The number of nitrogens with two attached hydrogens (primary N) is 1. The van der Waals surface area contributed by atoms with Crippen LogP contribution in [0.25, 0.3) is 0 Å². The molecule has 1 aromatic carbocycles. The lowest BCUT2D eigenvalue weighted by molar-refractivity contribution is -0.137. The number of nitrogens with zero attached hydrogens (tertiary/aromatic N) is 1. The fourth-order valence-corrected chi connectivity index (χ4v) is 2.95. The average Bonchev–Trinajstić information content (AvgIpc) is 3.09. The summed E-state index contributed by atoms with van der Waals surface area (Å²) in [5.41, 5.74) is 3.38. The summed E-state index contributed by atoms with van der Waals surface area (Å²) in [5.74, 6) is -1.29. The first-order valence-electron chi connectivity index (χ1n) is 8.52. The van der Waals surface area contributed by atoms with Crippen molar-refractivity contribution in [2.24, 2.45) is 5.73 Å². The van der Waals surface area contributed by atoms with Crippen molar-refractivity contribution in [3.63, 3.8) is 0 Å². The van der Waals surface area contributed by atoms with Crippen molar-refractivity contribution in [2.75, 3.05) is 18.5 Å². The third kappa shape index (κ3) is 5.38. The van der Waals surface area contributed by atoms with Crippen LogP contribution in [0, 0.1) is 5.82 Å². The van der Waals surface area contributed by atoms with Gasteiger partial charge in [0, 0.05) is 17.7 Å². The Morgan fingerprint density at radius 1 is 1.33 bits per heavy atom. The molecule has 0 saturated carbocycles. The SMILES string of the molecule is C.N[C@@]1(C(=O)NCc2ncc(Nc3ccc(Cl)cc3C(F)(F)F)cc2F)CCOC1. The number of alkyl halides is 3. The molecule has 164 valence electrons. The number of pyridine rings is 1. The summed E-state index contributed by atoms with van der Waals surface area (Å²) in [4.78, 5) is 16.0. The second kappa shape index (κ2) is 9.15. The van der Waals surface area contributed by atoms with Crippen LogP contribution in [0.3, 0.4) is 0 Å². The van der Waals surface area contributed by atoms with Gasteiger partial charge in [-0.15, -0.1) is 0 Å². The van der Waals surface area contributed by atoms with Gasteiger partial charge >= 0.3 is 6.18 Å². The highest BCUT2D eigenvalue weighted by Gasteiger charge is 2.38. The maximum absolute atomic E-state index is 14.3. The molecule has 1 saturated heterocycles. The van der Waals surface area contributed by atoms with E-state index < -0.39 is 29.0 Å². The highest BCUT2D eigenvalue weighted by molar-refractivity contribution is 6.30. The van der Waals surface area contributed by atoms with E-state index >= 15 is 0 Å². The monoisotopic (exact) mass is 448 g/mol. The minimum atomic E-state index is -4.65. The molecule has 1 fully saturated rings. The van der Waals surface area contributed by atoms with E-state index in [2.05, 4.69) is 15.6 Å². The van der Waals surface area contributed by atoms with Gasteiger partial charge in [0.15, 0.2) is 0 Å². The molecule has 0 aliphatic carbocycles. The first-order chi connectivity index (χ1) is 13.6. The Kier molecular flexibility index (Phi) is 7.27. The number of nitrogens with one attached hydrogen (secondary N) is 2. The third-order valence-electron chi connectivity index (χ3n) is 4.40. The van der Waals surface area contributed by atoms with Gasteiger partial charge in [0.05, 0.1) is 42.0 Å². The Bertz CT molecular complexity index is 918. The minimum absolute atomic E-state index is 0. The Morgan fingerprint density at radius 3 is 2.67 bits per heavy atom. The topological polar surface area (TPSA) is 89.3 Å². The fraction of sp³-hybridized carbons (Fsp3) is 0.368. The van der Waals surface area contributed by atoms with E-state index in [4.69, 9.17) is 22.1 Å². The van der Waals surface area contributed by atoms with Gasteiger partial charge in [-0.05, 0) is 24.6 Å². The van der Waals surface area contributed by atoms with Crippen LogP contribution in [-0.4, -0.2) is 29.6 Å². The first-order valence-corrected chi connectivity index (χ1v) is 8.89. The summed E-state index contributed by atoms with van der Waals surface area (Å²) in [5, 5.41) is 4.90. The Balaban J connectivity index is 0.00000320. The molecular weight excluding hydrogens is 428 g/mol. The van der Waals surface area contributed by atoms with Crippen molar-refractivity contribution in [1.82, 2.24) is 10.3 Å². The lowest BCUT2D eigenvalue weighted by Gasteiger charge is -2.20. The second-order valence-electron chi connectivity index (χ2n) is 6.61. The number of rotatable bonds is 5. The average molecular weight is 449 g/mol. The Morgan fingerprint density at radius 2 is 2.07 bits per heavy atom. The molecule has 1 aliphatic heterocycles. The Labute approximate surface area is 175 Å². The quantitative estimate of drug-likeness (QED) is 0.601. The second-order valence-corrected chi connectivity index (χ2v) is 7.04. The highest BCUT2D eigenvalue weighted by atomic mass is 35.5. The van der Waals surface area contributed by atoms with Gasteiger partial charge in [0.1, 0.15) is 11.4 Å². The van der Waals surface area contributed by atoms with E-state index in [0.29, 0.717) is 13.0 Å². The number of halogens is 5. The molecule has 3 rings (SSSR count). The minimum Gasteiger partial charge on any atom is -0.379 e. The van der Waals surface area contributed by atoms with Gasteiger partial charge in [-0.25, -0.2) is 4.39 Å². The van der Waals surface area contributed by atoms with Crippen LogP contribution in [0.2, 0.25) is 5.02 Å². The molecule has 0 spiro atoms. The zero-order valence-corrected chi connectivity index (χ0v) is 15.7. The molecule has 2 heterocycles. The molecule has 4 N–H and O–H groups in total. The Hall–Kier alpha value is -2.43. The lowest BCUT2D eigenvalue weighted by Crippen LogP contribution is -2.54. The smallest absolute Gasteiger partial charge is 0.379 e. The molecule has 11 heteroatoms. The summed E-state index contributed by atoms with van der Waals surface area (Å²) in [6.07, 6.45) is -3.14. The standard InChI is InChI=1S/C18H17ClF4N4O2.CH4/c19-10-1-2-14(12(5-10)18(21,22)23)27-11-6-13(20)15(25-7-11)8-26-16(28)17(24)3-4-29-9-17;/h1-2,5-7,27H,3-4,8-9,24H2,(H,26,28);1H4/t17-;/m0./s1. The molecule has 30 heavy (non-hydrogen) atoms. The zero-order chi connectivity index (χ0) is 21.2. The van der Waals surface area contributed by atoms with Gasteiger partial charge in [-0.3, -0.25) is 9.78 Å². The predicted molar refractivity (Wildman–Crippen MR) is 105 cm³/mol. The number of aromatic nitrogens is 1. The molecule has 1 aromatic heterocycles. The molecule has 1 aliphatic rings. The summed E-state index contributed by atoms with van der Waals surface area (Å²) < 4.78 is 58.9. The third-order valence-corrected chi connectivity index (χ3v) is 4.64. The number of anilines is 2. The molecule has 2 aromatic rings.